The standard InChI is InChI=1S/C15H13F2NO3S/c16-12-6-7-13(19)15(17)14(12)10-2-4-11(5-3-10)22(20,21)18-8-1-9-18/h2-7,19H,1,8-9H2. The molecule has 1 aliphatic rings. The van der Waals surface area contributed by atoms with Crippen molar-refractivity contribution < 1.29 is 22.3 Å². The van der Waals surface area contributed by atoms with Gasteiger partial charge in [-0.1, -0.05) is 12.1 Å². The number of phenols is 1. The Morgan fingerprint density at radius 1 is 1.00 bits per heavy atom. The summed E-state index contributed by atoms with van der Waals surface area (Å²) >= 11 is 0. The minimum absolute atomic E-state index is 0.0805. The first-order valence-electron chi connectivity index (χ1n) is 6.69. The maximum Gasteiger partial charge on any atom is 0.243 e. The fourth-order valence-corrected chi connectivity index (χ4v) is 3.79. The lowest BCUT2D eigenvalue weighted by Gasteiger charge is -2.29. The van der Waals surface area contributed by atoms with Crippen molar-refractivity contribution >= 4 is 10.0 Å². The van der Waals surface area contributed by atoms with Crippen molar-refractivity contribution in [2.45, 2.75) is 11.3 Å². The molecule has 1 fully saturated rings. The fraction of sp³-hybridized carbons (Fsp3) is 0.200. The highest BCUT2D eigenvalue weighted by Gasteiger charge is 2.29. The maximum absolute atomic E-state index is 13.9. The van der Waals surface area contributed by atoms with E-state index in [-0.39, 0.29) is 16.0 Å². The number of phenolic OH excluding ortho intramolecular Hbond substituents is 1. The number of halogens is 2. The summed E-state index contributed by atoms with van der Waals surface area (Å²) in [6.07, 6.45) is 0.830. The van der Waals surface area contributed by atoms with Crippen molar-refractivity contribution in [3.63, 3.8) is 0 Å². The Balaban J connectivity index is 2.01. The summed E-state index contributed by atoms with van der Waals surface area (Å²) < 4.78 is 53.3. The van der Waals surface area contributed by atoms with Gasteiger partial charge in [0.1, 0.15) is 5.82 Å². The van der Waals surface area contributed by atoms with E-state index in [4.69, 9.17) is 0 Å². The van der Waals surface area contributed by atoms with E-state index >= 15 is 0 Å². The van der Waals surface area contributed by atoms with E-state index in [9.17, 15) is 22.3 Å². The number of aromatic hydroxyl groups is 1. The van der Waals surface area contributed by atoms with Crippen LogP contribution in [0.4, 0.5) is 8.78 Å². The topological polar surface area (TPSA) is 57.6 Å². The molecule has 7 heteroatoms. The van der Waals surface area contributed by atoms with Gasteiger partial charge in [0.2, 0.25) is 10.0 Å². The minimum Gasteiger partial charge on any atom is -0.505 e. The van der Waals surface area contributed by atoms with E-state index in [1.807, 2.05) is 0 Å². The lowest BCUT2D eigenvalue weighted by Crippen LogP contribution is -2.41. The molecule has 2 aromatic carbocycles. The van der Waals surface area contributed by atoms with Crippen LogP contribution in [0.2, 0.25) is 0 Å². The molecule has 0 bridgehead atoms. The van der Waals surface area contributed by atoms with Crippen molar-refractivity contribution in [2.75, 3.05) is 13.1 Å². The Kier molecular flexibility index (Phi) is 3.62. The third-order valence-electron chi connectivity index (χ3n) is 3.67. The quantitative estimate of drug-likeness (QED) is 0.944. The Bertz CT molecular complexity index is 815. The molecule has 0 atom stereocenters. The number of rotatable bonds is 3. The lowest BCUT2D eigenvalue weighted by molar-refractivity contribution is 0.309. The number of hydrogen-bond donors (Lipinski definition) is 1. The molecule has 0 aliphatic carbocycles. The Labute approximate surface area is 126 Å². The van der Waals surface area contributed by atoms with Gasteiger partial charge in [-0.15, -0.1) is 0 Å². The van der Waals surface area contributed by atoms with Crippen LogP contribution < -0.4 is 0 Å². The molecule has 4 nitrogen and oxygen atoms in total. The van der Waals surface area contributed by atoms with Crippen LogP contribution in [0.5, 0.6) is 5.75 Å². The van der Waals surface area contributed by atoms with E-state index < -0.39 is 27.4 Å². The Morgan fingerprint density at radius 3 is 2.18 bits per heavy atom. The zero-order valence-corrected chi connectivity index (χ0v) is 12.3. The molecule has 1 heterocycles. The van der Waals surface area contributed by atoms with Gasteiger partial charge in [0.25, 0.3) is 0 Å². The predicted octanol–water partition coefficient (Wildman–Crippen LogP) is 2.73. The molecule has 0 aromatic heterocycles. The molecular weight excluding hydrogens is 312 g/mol. The molecule has 0 amide bonds. The average molecular weight is 325 g/mol. The van der Waals surface area contributed by atoms with Crippen LogP contribution in [0.25, 0.3) is 11.1 Å². The summed E-state index contributed by atoms with van der Waals surface area (Å²) in [6.45, 7) is 0.972. The molecule has 3 rings (SSSR count). The van der Waals surface area contributed by atoms with Crippen molar-refractivity contribution in [2.24, 2.45) is 0 Å². The van der Waals surface area contributed by atoms with E-state index in [0.29, 0.717) is 13.1 Å². The minimum atomic E-state index is -3.53. The van der Waals surface area contributed by atoms with E-state index in [2.05, 4.69) is 0 Å². The first kappa shape index (κ1) is 14.9. The number of benzene rings is 2. The van der Waals surface area contributed by atoms with Crippen LogP contribution in [0, 0.1) is 11.6 Å². The van der Waals surface area contributed by atoms with Gasteiger partial charge in [-0.25, -0.2) is 17.2 Å². The summed E-state index contributed by atoms with van der Waals surface area (Å²) in [4.78, 5) is 0.0805. The van der Waals surface area contributed by atoms with E-state index in [1.165, 1.54) is 28.6 Å². The van der Waals surface area contributed by atoms with E-state index in [1.54, 1.807) is 0 Å². The SMILES string of the molecule is O=S(=O)(c1ccc(-c2c(F)ccc(O)c2F)cc1)N1CCC1. The van der Waals surface area contributed by atoms with Crippen molar-refractivity contribution in [3.05, 3.63) is 48.0 Å². The number of sulfonamides is 1. The first-order valence-corrected chi connectivity index (χ1v) is 8.13. The second-order valence-electron chi connectivity index (χ2n) is 5.04. The largest absolute Gasteiger partial charge is 0.505 e. The summed E-state index contributed by atoms with van der Waals surface area (Å²) in [7, 11) is -3.53. The van der Waals surface area contributed by atoms with Gasteiger partial charge >= 0.3 is 0 Å². The molecule has 116 valence electrons. The zero-order valence-electron chi connectivity index (χ0n) is 11.5. The van der Waals surface area contributed by atoms with Gasteiger partial charge in [-0.2, -0.15) is 4.31 Å². The van der Waals surface area contributed by atoms with Gasteiger partial charge in [0.05, 0.1) is 10.5 Å². The van der Waals surface area contributed by atoms with Crippen LogP contribution in [0.15, 0.2) is 41.3 Å². The van der Waals surface area contributed by atoms with Crippen molar-refractivity contribution in [1.29, 1.82) is 0 Å². The summed E-state index contributed by atoms with van der Waals surface area (Å²) in [5.74, 6) is -2.55. The average Bonchev–Trinajstić information content (AvgIpc) is 2.42. The predicted molar refractivity (Wildman–Crippen MR) is 76.8 cm³/mol. The van der Waals surface area contributed by atoms with Gasteiger partial charge in [0.15, 0.2) is 11.6 Å². The highest BCUT2D eigenvalue weighted by atomic mass is 32.2. The van der Waals surface area contributed by atoms with Crippen LogP contribution in [0.1, 0.15) is 6.42 Å². The third-order valence-corrected chi connectivity index (χ3v) is 5.58. The highest BCUT2D eigenvalue weighted by Crippen LogP contribution is 2.32. The van der Waals surface area contributed by atoms with Crippen LogP contribution >= 0.6 is 0 Å². The highest BCUT2D eigenvalue weighted by molar-refractivity contribution is 7.89. The molecule has 0 unspecified atom stereocenters. The molecule has 0 radical (unpaired) electrons. The smallest absolute Gasteiger partial charge is 0.243 e. The normalized spacial score (nSPS) is 15.5. The van der Waals surface area contributed by atoms with Gasteiger partial charge in [-0.05, 0) is 36.2 Å². The number of hydrogen-bond acceptors (Lipinski definition) is 3. The molecule has 0 saturated carbocycles. The maximum atomic E-state index is 13.9. The van der Waals surface area contributed by atoms with E-state index in [0.717, 1.165) is 18.6 Å². The fourth-order valence-electron chi connectivity index (χ4n) is 2.28. The summed E-state index contributed by atoms with van der Waals surface area (Å²) in [5.41, 5.74) is -0.221. The van der Waals surface area contributed by atoms with Crippen LogP contribution in [0.3, 0.4) is 0 Å². The second kappa shape index (κ2) is 5.33. The third kappa shape index (κ3) is 2.36. The monoisotopic (exact) mass is 325 g/mol. The second-order valence-corrected chi connectivity index (χ2v) is 6.98. The first-order chi connectivity index (χ1) is 10.4. The van der Waals surface area contributed by atoms with Gasteiger partial charge in [0, 0.05) is 13.1 Å². The summed E-state index contributed by atoms with van der Waals surface area (Å²) in [5, 5.41) is 9.34. The van der Waals surface area contributed by atoms with Crippen LogP contribution in [-0.2, 0) is 10.0 Å². The zero-order chi connectivity index (χ0) is 15.9. The molecule has 0 spiro atoms. The van der Waals surface area contributed by atoms with Gasteiger partial charge in [-0.3, -0.25) is 0 Å². The molecular formula is C15H13F2NO3S. The molecule has 1 aliphatic heterocycles. The molecule has 1 N–H and O–H groups in total. The molecule has 1 saturated heterocycles. The summed E-state index contributed by atoms with van der Waals surface area (Å²) in [6, 6.07) is 7.16. The Hall–Kier alpha value is -1.99. The Morgan fingerprint density at radius 2 is 1.64 bits per heavy atom. The number of nitrogens with zero attached hydrogens (tertiary/aromatic N) is 1. The molecule has 2 aromatic rings. The molecule has 22 heavy (non-hydrogen) atoms. The van der Waals surface area contributed by atoms with Crippen molar-refractivity contribution in [3.8, 4) is 16.9 Å². The van der Waals surface area contributed by atoms with Crippen molar-refractivity contribution in [1.82, 2.24) is 4.31 Å². The van der Waals surface area contributed by atoms with Crippen LogP contribution in [-0.4, -0.2) is 30.9 Å². The van der Waals surface area contributed by atoms with Gasteiger partial charge < -0.3 is 5.11 Å². The lowest BCUT2D eigenvalue weighted by atomic mass is 10.0.